The number of ketones is 1. The zero-order valence-electron chi connectivity index (χ0n) is 38.9. The minimum Gasteiger partial charge on any atom is -0.493 e. The number of nitrogens with zero attached hydrogens (tertiary/aromatic N) is 1. The van der Waals surface area contributed by atoms with Gasteiger partial charge in [0.25, 0.3) is 0 Å². The van der Waals surface area contributed by atoms with Gasteiger partial charge in [-0.15, -0.1) is 0 Å². The third-order valence-corrected chi connectivity index (χ3v) is 16.7. The molecule has 3 aromatic carbocycles. The molecule has 8 nitrogen and oxygen atoms in total. The molecular formula is C54H63ClF3NO7. The first-order chi connectivity index (χ1) is 31.2. The normalized spacial score (nSPS) is 27.3. The molecule has 0 unspecified atom stereocenters. The van der Waals surface area contributed by atoms with Crippen LogP contribution in [0, 0.1) is 28.6 Å². The fourth-order valence-electron chi connectivity index (χ4n) is 12.1. The molecule has 66 heavy (non-hydrogen) atoms. The van der Waals surface area contributed by atoms with Crippen LogP contribution in [0.15, 0.2) is 82.8 Å². The summed E-state index contributed by atoms with van der Waals surface area (Å²) < 4.78 is 58.3. The summed E-state index contributed by atoms with van der Waals surface area (Å²) in [5.74, 6) is 1.62. The Morgan fingerprint density at radius 3 is 2.41 bits per heavy atom. The van der Waals surface area contributed by atoms with E-state index >= 15 is 0 Å². The lowest BCUT2D eigenvalue weighted by molar-refractivity contribution is -0.149. The van der Waals surface area contributed by atoms with E-state index in [2.05, 4.69) is 33.8 Å². The third kappa shape index (κ3) is 9.21. The zero-order valence-corrected chi connectivity index (χ0v) is 39.7. The molecule has 6 aliphatic carbocycles. The minimum atomic E-state index is -4.61. The van der Waals surface area contributed by atoms with Gasteiger partial charge < -0.3 is 29.0 Å². The number of hydrogen-bond donors (Lipinski definition) is 2. The number of furan rings is 1. The molecule has 2 N–H and O–H groups in total. The Kier molecular flexibility index (Phi) is 13.4. The largest absolute Gasteiger partial charge is 0.493 e. The maximum Gasteiger partial charge on any atom is 0.416 e. The number of amides is 1. The van der Waals surface area contributed by atoms with E-state index in [1.165, 1.54) is 12.1 Å². The van der Waals surface area contributed by atoms with Crippen LogP contribution in [0.25, 0.3) is 11.3 Å². The van der Waals surface area contributed by atoms with Gasteiger partial charge in [0.15, 0.2) is 17.3 Å². The van der Waals surface area contributed by atoms with Crippen LogP contribution in [0.1, 0.15) is 130 Å². The van der Waals surface area contributed by atoms with Gasteiger partial charge in [0.1, 0.15) is 5.76 Å². The Balaban J connectivity index is 1.17. The second kappa shape index (κ2) is 18.5. The molecule has 4 fully saturated rings. The molecule has 7 atom stereocenters. The summed E-state index contributed by atoms with van der Waals surface area (Å²) in [5, 5.41) is 24.6. The van der Waals surface area contributed by atoms with E-state index in [0.29, 0.717) is 91.9 Å². The lowest BCUT2D eigenvalue weighted by Crippen LogP contribution is -2.58. The standard InChI is InChI=1S/C54H63ClF3NO7/c1-32-8-7-22-52(4)42(21-23-53(52,63)31-59(30-35-12-13-36-29-43(35)51(36,2)3)49(61)27-34-11-18-46(64-5)48(26-34)65-6)39-16-10-33(24-38(60)15-9-32)25-40(39)50(62)47-20-19-45(66-47)41-28-37(54(56,57)58)14-17-44(41)55/h8,10-11,14,16-20,25-26,28,35-36,38,42-43,60,63H,7,9,12-13,15,21-24,27,29-31H2,1-6H3/t35-,36-,38-,42-,43-,52-,53+/m0/s1. The number of methoxy groups -OCH3 is 2. The summed E-state index contributed by atoms with van der Waals surface area (Å²) in [5.41, 5.74) is 0.835. The number of fused-ring (bicyclic) bond motifs is 10. The molecule has 10 rings (SSSR count). The van der Waals surface area contributed by atoms with Gasteiger partial charge in [-0.05, 0) is 165 Å². The molecule has 0 saturated heterocycles. The van der Waals surface area contributed by atoms with Crippen LogP contribution < -0.4 is 9.47 Å². The van der Waals surface area contributed by atoms with E-state index in [-0.39, 0.29) is 52.3 Å². The van der Waals surface area contributed by atoms with Gasteiger partial charge in [-0.2, -0.15) is 13.2 Å². The van der Waals surface area contributed by atoms with Gasteiger partial charge in [0.2, 0.25) is 11.7 Å². The topological polar surface area (TPSA) is 109 Å². The van der Waals surface area contributed by atoms with Crippen LogP contribution in [0.5, 0.6) is 11.5 Å². The number of aliphatic hydroxyl groups excluding tert-OH is 1. The van der Waals surface area contributed by atoms with Gasteiger partial charge in [-0.25, -0.2) is 0 Å². The maximum atomic E-state index is 14.9. The van der Waals surface area contributed by atoms with Gasteiger partial charge in [-0.1, -0.05) is 62.2 Å². The summed E-state index contributed by atoms with van der Waals surface area (Å²) in [4.78, 5) is 31.6. The number of rotatable bonds is 11. The van der Waals surface area contributed by atoms with E-state index in [4.69, 9.17) is 25.5 Å². The quantitative estimate of drug-likeness (QED) is 0.114. The number of aliphatic hydroxyl groups is 2. The molecule has 12 heteroatoms. The molecule has 1 aromatic heterocycles. The fourth-order valence-corrected chi connectivity index (χ4v) is 12.3. The molecule has 6 aliphatic rings. The number of benzene rings is 3. The number of allylic oxidation sites excluding steroid dienone is 2. The van der Waals surface area contributed by atoms with Crippen LogP contribution in [-0.2, 0) is 23.8 Å². The highest BCUT2D eigenvalue weighted by Crippen LogP contribution is 2.62. The maximum absolute atomic E-state index is 14.9. The Morgan fingerprint density at radius 2 is 1.70 bits per heavy atom. The molecule has 4 aromatic rings. The first kappa shape index (κ1) is 47.9. The SMILES string of the molecule is COc1ccc(CC(=O)N(C[C@@H]2CC[C@H]3C[C@@H]2C3(C)C)C[C@]2(O)CC[C@H]3c4ccc(cc4C(=O)c4ccc(-c5cc(C(F)(F)F)ccc5Cl)o4)C[C@@H](O)CCC(C)=CCC[C@@]32C)cc1OC. The van der Waals surface area contributed by atoms with Gasteiger partial charge in [0.05, 0.1) is 42.9 Å². The van der Waals surface area contributed by atoms with Crippen LogP contribution >= 0.6 is 11.6 Å². The fraction of sp³-hybridized carbons (Fsp3) is 0.519. The lowest BCUT2D eigenvalue weighted by Gasteiger charge is -2.61. The summed E-state index contributed by atoms with van der Waals surface area (Å²) in [6, 6.07) is 17.1. The molecular weight excluding hydrogens is 867 g/mol. The molecule has 4 bridgehead atoms. The summed E-state index contributed by atoms with van der Waals surface area (Å²) in [7, 11) is 3.14. The molecule has 1 amide bonds. The predicted molar refractivity (Wildman–Crippen MR) is 249 cm³/mol. The van der Waals surface area contributed by atoms with Gasteiger partial charge in [-0.3, -0.25) is 9.59 Å². The first-order valence-corrected chi connectivity index (χ1v) is 23.8. The van der Waals surface area contributed by atoms with Crippen molar-refractivity contribution in [2.75, 3.05) is 27.3 Å². The number of carbonyl (C=O) groups excluding carboxylic acids is 2. The van der Waals surface area contributed by atoms with Crippen molar-refractivity contribution in [1.82, 2.24) is 4.90 Å². The van der Waals surface area contributed by atoms with Crippen LogP contribution in [0.4, 0.5) is 13.2 Å². The Morgan fingerprint density at radius 1 is 0.924 bits per heavy atom. The average Bonchev–Trinajstić information content (AvgIpc) is 3.87. The second-order valence-corrected chi connectivity index (χ2v) is 20.9. The smallest absolute Gasteiger partial charge is 0.416 e. The lowest BCUT2D eigenvalue weighted by atomic mass is 9.45. The minimum absolute atomic E-state index is 0.00743. The van der Waals surface area contributed by atoms with Crippen LogP contribution in [0.2, 0.25) is 5.02 Å². The number of ether oxygens (including phenoxy) is 2. The van der Waals surface area contributed by atoms with Crippen LogP contribution in [0.3, 0.4) is 0 Å². The first-order valence-electron chi connectivity index (χ1n) is 23.4. The predicted octanol–water partition coefficient (Wildman–Crippen LogP) is 12.0. The summed E-state index contributed by atoms with van der Waals surface area (Å²) in [6.07, 6.45) is 3.94. The van der Waals surface area contributed by atoms with Crippen molar-refractivity contribution in [1.29, 1.82) is 0 Å². The Bertz CT molecular complexity index is 2490. The second-order valence-electron chi connectivity index (χ2n) is 20.5. The van der Waals surface area contributed by atoms with Crippen molar-refractivity contribution < 1.29 is 46.9 Å². The summed E-state index contributed by atoms with van der Waals surface area (Å²) >= 11 is 6.39. The molecule has 0 spiro atoms. The summed E-state index contributed by atoms with van der Waals surface area (Å²) in [6.45, 7) is 9.52. The highest BCUT2D eigenvalue weighted by molar-refractivity contribution is 6.33. The zero-order chi connectivity index (χ0) is 47.3. The number of halogens is 4. The van der Waals surface area contributed by atoms with E-state index in [0.717, 1.165) is 54.2 Å². The van der Waals surface area contributed by atoms with Crippen molar-refractivity contribution in [3.05, 3.63) is 117 Å². The number of alkyl halides is 3. The van der Waals surface area contributed by atoms with E-state index in [1.54, 1.807) is 26.4 Å². The van der Waals surface area contributed by atoms with Crippen LogP contribution in [-0.4, -0.2) is 65.8 Å². The monoisotopic (exact) mass is 929 g/mol. The van der Waals surface area contributed by atoms with Crippen molar-refractivity contribution in [3.8, 4) is 22.8 Å². The number of carbonyl (C=O) groups is 2. The van der Waals surface area contributed by atoms with E-state index in [1.807, 2.05) is 29.2 Å². The van der Waals surface area contributed by atoms with E-state index < -0.39 is 34.6 Å². The molecule has 1 heterocycles. The molecule has 0 aliphatic heterocycles. The van der Waals surface area contributed by atoms with Crippen molar-refractivity contribution in [2.24, 2.45) is 28.6 Å². The Labute approximate surface area is 391 Å². The average molecular weight is 931 g/mol. The van der Waals surface area contributed by atoms with Crippen molar-refractivity contribution in [2.45, 2.75) is 122 Å². The highest BCUT2D eigenvalue weighted by Gasteiger charge is 2.59. The van der Waals surface area contributed by atoms with Gasteiger partial charge >= 0.3 is 6.18 Å². The van der Waals surface area contributed by atoms with E-state index in [9.17, 15) is 33.0 Å². The molecule has 4 saturated carbocycles. The van der Waals surface area contributed by atoms with Crippen molar-refractivity contribution in [3.63, 3.8) is 0 Å². The third-order valence-electron chi connectivity index (χ3n) is 16.4. The van der Waals surface area contributed by atoms with Crippen molar-refractivity contribution >= 4 is 23.3 Å². The molecule has 0 radical (unpaired) electrons. The Hall–Kier alpha value is -4.58. The van der Waals surface area contributed by atoms with Gasteiger partial charge in [0, 0.05) is 29.6 Å². The number of hydrogen-bond acceptors (Lipinski definition) is 7. The highest BCUT2D eigenvalue weighted by atomic mass is 35.5. The molecule has 354 valence electrons.